The molecule has 1 aliphatic heterocycles. The molecule has 2 rings (SSSR count). The average molecular weight is 210 g/mol. The Morgan fingerprint density at radius 1 is 1.60 bits per heavy atom. The Kier molecular flexibility index (Phi) is 3.07. The van der Waals surface area contributed by atoms with E-state index < -0.39 is 0 Å². The van der Waals surface area contributed by atoms with Crippen molar-refractivity contribution in [3.05, 3.63) is 17.8 Å². The summed E-state index contributed by atoms with van der Waals surface area (Å²) < 4.78 is 11.1. The van der Waals surface area contributed by atoms with Gasteiger partial charge < -0.3 is 14.9 Å². The highest BCUT2D eigenvalue weighted by Gasteiger charge is 2.36. The van der Waals surface area contributed by atoms with Crippen molar-refractivity contribution in [3.63, 3.8) is 0 Å². The molecule has 84 valence electrons. The molecule has 2 N–H and O–H groups in total. The number of aryl methyl sites for hydroxylation is 1. The van der Waals surface area contributed by atoms with Gasteiger partial charge in [0, 0.05) is 6.61 Å². The molecule has 2 heterocycles. The summed E-state index contributed by atoms with van der Waals surface area (Å²) in [5.74, 6) is 0.715. The second kappa shape index (κ2) is 4.33. The van der Waals surface area contributed by atoms with Crippen LogP contribution in [0.3, 0.4) is 0 Å². The highest BCUT2D eigenvalue weighted by atomic mass is 16.5. The lowest BCUT2D eigenvalue weighted by Gasteiger charge is -2.17. The van der Waals surface area contributed by atoms with Crippen LogP contribution < -0.4 is 5.73 Å². The fourth-order valence-corrected chi connectivity index (χ4v) is 1.90. The largest absolute Gasteiger partial charge is 0.446 e. The lowest BCUT2D eigenvalue weighted by Crippen LogP contribution is -2.20. The van der Waals surface area contributed by atoms with E-state index in [1.165, 1.54) is 0 Å². The maximum atomic E-state index is 5.66. The molecule has 0 aliphatic carbocycles. The monoisotopic (exact) mass is 210 g/mol. The SMILES string of the molecule is CC1(c2nc(CCCN)co2)CCCO1. The van der Waals surface area contributed by atoms with Crippen molar-refractivity contribution in [2.45, 2.75) is 38.2 Å². The third-order valence-corrected chi connectivity index (χ3v) is 2.86. The highest BCUT2D eigenvalue weighted by molar-refractivity contribution is 5.04. The topological polar surface area (TPSA) is 61.3 Å². The average Bonchev–Trinajstić information content (AvgIpc) is 2.84. The molecule has 4 nitrogen and oxygen atoms in total. The van der Waals surface area contributed by atoms with Crippen LogP contribution in [0.25, 0.3) is 0 Å². The zero-order valence-corrected chi connectivity index (χ0v) is 9.16. The molecule has 0 radical (unpaired) electrons. The van der Waals surface area contributed by atoms with Crippen molar-refractivity contribution in [2.75, 3.05) is 13.2 Å². The minimum atomic E-state index is -0.305. The standard InChI is InChI=1S/C11H18N2O2/c1-11(5-3-7-15-11)10-13-9(8-14-10)4-2-6-12/h8H,2-7,12H2,1H3. The normalized spacial score (nSPS) is 26.0. The minimum Gasteiger partial charge on any atom is -0.446 e. The van der Waals surface area contributed by atoms with Crippen molar-refractivity contribution in [2.24, 2.45) is 5.73 Å². The van der Waals surface area contributed by atoms with Crippen LogP contribution in [-0.4, -0.2) is 18.1 Å². The molecule has 1 atom stereocenters. The number of hydrogen-bond acceptors (Lipinski definition) is 4. The van der Waals surface area contributed by atoms with Gasteiger partial charge >= 0.3 is 0 Å². The predicted octanol–water partition coefficient (Wildman–Crippen LogP) is 1.59. The van der Waals surface area contributed by atoms with Gasteiger partial charge in [-0.3, -0.25) is 0 Å². The quantitative estimate of drug-likeness (QED) is 0.819. The number of nitrogens with two attached hydrogens (primary N) is 1. The Balaban J connectivity index is 2.05. The van der Waals surface area contributed by atoms with Crippen molar-refractivity contribution in [1.29, 1.82) is 0 Å². The Hall–Kier alpha value is -0.870. The number of oxazole rings is 1. The number of aromatic nitrogens is 1. The van der Waals surface area contributed by atoms with Gasteiger partial charge in [0.15, 0.2) is 0 Å². The molecule has 1 saturated heterocycles. The van der Waals surface area contributed by atoms with Crippen molar-refractivity contribution in [1.82, 2.24) is 4.98 Å². The summed E-state index contributed by atoms with van der Waals surface area (Å²) in [6, 6.07) is 0. The molecule has 4 heteroatoms. The summed E-state index contributed by atoms with van der Waals surface area (Å²) in [7, 11) is 0. The third-order valence-electron chi connectivity index (χ3n) is 2.86. The molecule has 1 unspecified atom stereocenters. The molecule has 0 saturated carbocycles. The number of hydrogen-bond donors (Lipinski definition) is 1. The highest BCUT2D eigenvalue weighted by Crippen LogP contribution is 2.34. The summed E-state index contributed by atoms with van der Waals surface area (Å²) in [5, 5.41) is 0. The first-order valence-corrected chi connectivity index (χ1v) is 5.53. The molecule has 0 amide bonds. The Morgan fingerprint density at radius 3 is 3.13 bits per heavy atom. The molecule has 1 fully saturated rings. The Morgan fingerprint density at radius 2 is 2.47 bits per heavy atom. The lowest BCUT2D eigenvalue weighted by molar-refractivity contribution is -0.00533. The Bertz CT molecular complexity index is 316. The van der Waals surface area contributed by atoms with Gasteiger partial charge in [-0.2, -0.15) is 0 Å². The molecule has 1 aromatic heterocycles. The molecule has 15 heavy (non-hydrogen) atoms. The number of rotatable bonds is 4. The van der Waals surface area contributed by atoms with Crippen LogP contribution >= 0.6 is 0 Å². The van der Waals surface area contributed by atoms with Gasteiger partial charge in [-0.15, -0.1) is 0 Å². The Labute approximate surface area is 89.8 Å². The maximum absolute atomic E-state index is 5.66. The summed E-state index contributed by atoms with van der Waals surface area (Å²) in [4.78, 5) is 4.45. The van der Waals surface area contributed by atoms with E-state index in [9.17, 15) is 0 Å². The zero-order chi connectivity index (χ0) is 10.7. The van der Waals surface area contributed by atoms with Crippen LogP contribution in [0.4, 0.5) is 0 Å². The van der Waals surface area contributed by atoms with Gasteiger partial charge in [0.25, 0.3) is 0 Å². The first kappa shape index (κ1) is 10.6. The summed E-state index contributed by atoms with van der Waals surface area (Å²) in [6.07, 6.45) is 5.62. The first-order valence-electron chi connectivity index (χ1n) is 5.53. The molecule has 1 aliphatic rings. The van der Waals surface area contributed by atoms with E-state index in [1.54, 1.807) is 6.26 Å². The summed E-state index contributed by atoms with van der Waals surface area (Å²) in [6.45, 7) is 3.53. The van der Waals surface area contributed by atoms with E-state index in [-0.39, 0.29) is 5.60 Å². The zero-order valence-electron chi connectivity index (χ0n) is 9.16. The molecule has 0 aromatic carbocycles. The van der Waals surface area contributed by atoms with Crippen molar-refractivity contribution in [3.8, 4) is 0 Å². The van der Waals surface area contributed by atoms with Crippen LogP contribution in [-0.2, 0) is 16.8 Å². The minimum absolute atomic E-state index is 0.305. The summed E-state index contributed by atoms with van der Waals surface area (Å²) >= 11 is 0. The summed E-state index contributed by atoms with van der Waals surface area (Å²) in [5.41, 5.74) is 6.12. The van der Waals surface area contributed by atoms with Gasteiger partial charge in [0.05, 0.1) is 5.69 Å². The van der Waals surface area contributed by atoms with E-state index in [0.717, 1.165) is 38.0 Å². The van der Waals surface area contributed by atoms with Crippen molar-refractivity contribution >= 4 is 0 Å². The predicted molar refractivity (Wildman–Crippen MR) is 56.4 cm³/mol. The van der Waals surface area contributed by atoms with E-state index >= 15 is 0 Å². The number of nitrogens with zero attached hydrogens (tertiary/aromatic N) is 1. The van der Waals surface area contributed by atoms with Gasteiger partial charge in [-0.05, 0) is 39.2 Å². The van der Waals surface area contributed by atoms with E-state index in [4.69, 9.17) is 14.9 Å². The van der Waals surface area contributed by atoms with Gasteiger partial charge in [-0.25, -0.2) is 4.98 Å². The third kappa shape index (κ3) is 2.21. The van der Waals surface area contributed by atoms with Crippen LogP contribution in [0.5, 0.6) is 0 Å². The van der Waals surface area contributed by atoms with Gasteiger partial charge in [-0.1, -0.05) is 0 Å². The van der Waals surface area contributed by atoms with Crippen LogP contribution in [0.1, 0.15) is 37.8 Å². The molecule has 1 aromatic rings. The number of ether oxygens (including phenoxy) is 1. The second-order valence-corrected chi connectivity index (χ2v) is 4.22. The lowest BCUT2D eigenvalue weighted by atomic mass is 10.0. The second-order valence-electron chi connectivity index (χ2n) is 4.22. The molecular weight excluding hydrogens is 192 g/mol. The van der Waals surface area contributed by atoms with E-state index in [2.05, 4.69) is 4.98 Å². The fraction of sp³-hybridized carbons (Fsp3) is 0.727. The van der Waals surface area contributed by atoms with E-state index in [0.29, 0.717) is 12.4 Å². The smallest absolute Gasteiger partial charge is 0.226 e. The fourth-order valence-electron chi connectivity index (χ4n) is 1.90. The van der Waals surface area contributed by atoms with Crippen LogP contribution in [0.2, 0.25) is 0 Å². The maximum Gasteiger partial charge on any atom is 0.226 e. The van der Waals surface area contributed by atoms with Gasteiger partial charge in [0.1, 0.15) is 11.9 Å². The van der Waals surface area contributed by atoms with Crippen LogP contribution in [0.15, 0.2) is 10.7 Å². The molecule has 0 bridgehead atoms. The van der Waals surface area contributed by atoms with E-state index in [1.807, 2.05) is 6.92 Å². The molecule has 0 spiro atoms. The first-order chi connectivity index (χ1) is 7.24. The van der Waals surface area contributed by atoms with Crippen molar-refractivity contribution < 1.29 is 9.15 Å². The van der Waals surface area contributed by atoms with Crippen LogP contribution in [0, 0.1) is 0 Å². The van der Waals surface area contributed by atoms with Gasteiger partial charge in [0.2, 0.25) is 5.89 Å². The molecular formula is C11H18N2O2.